The average molecular weight is 684 g/mol. The topological polar surface area (TPSA) is 201 Å². The van der Waals surface area contributed by atoms with Crippen LogP contribution >= 0.6 is 0 Å². The molecule has 0 radical (unpaired) electrons. The Morgan fingerprint density at radius 1 is 0.979 bits per heavy atom. The van der Waals surface area contributed by atoms with Crippen molar-refractivity contribution >= 4 is 50.2 Å². The van der Waals surface area contributed by atoms with Gasteiger partial charge in [-0.25, -0.2) is 17.6 Å². The van der Waals surface area contributed by atoms with Crippen molar-refractivity contribution < 1.29 is 32.3 Å². The number of aliphatic carboxylic acids is 1. The number of hydrogen-bond acceptors (Lipinski definition) is 7. The summed E-state index contributed by atoms with van der Waals surface area (Å²) in [5, 5.41) is 15.9. The number of sulfonamides is 1. The normalized spacial score (nSPS) is 17.7. The SMILES string of the molecule is CN(C)c1cccc2c(S(=O)(=O)N3C[C@@H](F)C[C@H]3C(=O)N[C@@H](CCc3ccccc3)C(=O)N[C@@H](CCCN=C(N)N)C(=O)O)cccc12. The molecule has 0 aliphatic carbocycles. The molecule has 3 aromatic rings. The zero-order chi connectivity index (χ0) is 35.0. The Balaban J connectivity index is 1.59. The minimum atomic E-state index is -4.39. The Labute approximate surface area is 279 Å². The first-order valence-corrected chi connectivity index (χ1v) is 17.0. The number of amides is 2. The van der Waals surface area contributed by atoms with Crippen LogP contribution in [0.15, 0.2) is 76.6 Å². The zero-order valence-electron chi connectivity index (χ0n) is 26.9. The van der Waals surface area contributed by atoms with Gasteiger partial charge in [-0.05, 0) is 43.4 Å². The molecule has 1 saturated heterocycles. The first kappa shape index (κ1) is 36.1. The summed E-state index contributed by atoms with van der Waals surface area (Å²) >= 11 is 0. The highest BCUT2D eigenvalue weighted by atomic mass is 32.2. The summed E-state index contributed by atoms with van der Waals surface area (Å²) in [5.74, 6) is -3.07. The van der Waals surface area contributed by atoms with Crippen LogP contribution in [-0.4, -0.2) is 93.1 Å². The Hall–Kier alpha value is -4.76. The van der Waals surface area contributed by atoms with Gasteiger partial charge in [-0.1, -0.05) is 54.6 Å². The van der Waals surface area contributed by atoms with Gasteiger partial charge in [0.25, 0.3) is 0 Å². The van der Waals surface area contributed by atoms with Crippen molar-refractivity contribution in [1.29, 1.82) is 0 Å². The van der Waals surface area contributed by atoms with Gasteiger partial charge in [0.1, 0.15) is 24.3 Å². The molecule has 1 heterocycles. The van der Waals surface area contributed by atoms with Gasteiger partial charge in [0, 0.05) is 50.1 Å². The minimum absolute atomic E-state index is 0.00987. The molecule has 0 saturated carbocycles. The number of aryl methyl sites for hydroxylation is 1. The van der Waals surface area contributed by atoms with Crippen LogP contribution in [0, 0.1) is 0 Å². The number of rotatable bonds is 15. The molecule has 7 N–H and O–H groups in total. The number of halogens is 1. The Bertz CT molecular complexity index is 1750. The molecule has 4 rings (SSSR count). The number of nitrogens with one attached hydrogen (secondary N) is 2. The summed E-state index contributed by atoms with van der Waals surface area (Å²) in [6.07, 6.45) is -1.36. The highest BCUT2D eigenvalue weighted by molar-refractivity contribution is 7.89. The largest absolute Gasteiger partial charge is 0.480 e. The van der Waals surface area contributed by atoms with Crippen LogP contribution in [0.1, 0.15) is 31.2 Å². The van der Waals surface area contributed by atoms with Crippen LogP contribution in [0.5, 0.6) is 0 Å². The van der Waals surface area contributed by atoms with E-state index < -0.39 is 65.1 Å². The predicted molar refractivity (Wildman–Crippen MR) is 182 cm³/mol. The second kappa shape index (κ2) is 15.9. The number of alkyl halides is 1. The fourth-order valence-corrected chi connectivity index (χ4v) is 7.63. The summed E-state index contributed by atoms with van der Waals surface area (Å²) in [6, 6.07) is 15.2. The molecule has 1 fully saturated rings. The first-order chi connectivity index (χ1) is 22.8. The van der Waals surface area contributed by atoms with E-state index in [-0.39, 0.29) is 36.7 Å². The van der Waals surface area contributed by atoms with Crippen LogP contribution in [-0.2, 0) is 30.8 Å². The Kier molecular flexibility index (Phi) is 11.9. The second-order valence-corrected chi connectivity index (χ2v) is 13.7. The lowest BCUT2D eigenvalue weighted by Crippen LogP contribution is -2.55. The van der Waals surface area contributed by atoms with Crippen molar-refractivity contribution in [2.45, 2.75) is 61.3 Å². The van der Waals surface area contributed by atoms with Crippen molar-refractivity contribution in [3.05, 3.63) is 72.3 Å². The zero-order valence-corrected chi connectivity index (χ0v) is 27.7. The maximum atomic E-state index is 15.0. The van der Waals surface area contributed by atoms with Crippen LogP contribution in [0.4, 0.5) is 10.1 Å². The standard InChI is InChI=1S/C33H42FN7O6S/c1-40(2)27-14-6-12-24-23(27)11-7-15-29(24)48(46,47)41-20-22(34)19-28(41)31(43)38-25(17-16-21-9-4-3-5-10-21)30(42)39-26(32(44)45)13-8-18-37-33(35)36/h3-7,9-12,14-15,22,25-26,28H,8,13,16-20H2,1-2H3,(H,38,43)(H,39,42)(H,44,45)(H4,35,36,37)/t22-,25-,26-,28-/m0/s1. The van der Waals surface area contributed by atoms with Gasteiger partial charge in [0.15, 0.2) is 5.96 Å². The van der Waals surface area contributed by atoms with Crippen molar-refractivity contribution in [2.75, 3.05) is 32.1 Å². The minimum Gasteiger partial charge on any atom is -0.480 e. The molecule has 0 aromatic heterocycles. The van der Waals surface area contributed by atoms with Crippen molar-refractivity contribution in [2.24, 2.45) is 16.5 Å². The first-order valence-electron chi connectivity index (χ1n) is 15.6. The summed E-state index contributed by atoms with van der Waals surface area (Å²) < 4.78 is 44.0. The van der Waals surface area contributed by atoms with Gasteiger partial charge in [-0.3, -0.25) is 14.6 Å². The molecular formula is C33H42FN7O6S. The lowest BCUT2D eigenvalue weighted by Gasteiger charge is -2.27. The van der Waals surface area contributed by atoms with Gasteiger partial charge < -0.3 is 32.1 Å². The van der Waals surface area contributed by atoms with Crippen LogP contribution < -0.4 is 27.0 Å². The number of fused-ring (bicyclic) bond motifs is 1. The van der Waals surface area contributed by atoms with E-state index in [1.807, 2.05) is 55.4 Å². The summed E-state index contributed by atoms with van der Waals surface area (Å²) in [5.41, 5.74) is 12.3. The van der Waals surface area contributed by atoms with E-state index in [1.54, 1.807) is 24.3 Å². The molecule has 0 unspecified atom stereocenters. The quantitative estimate of drug-likeness (QED) is 0.0899. The Morgan fingerprint density at radius 3 is 2.33 bits per heavy atom. The highest BCUT2D eigenvalue weighted by Crippen LogP contribution is 2.34. The number of nitrogens with two attached hydrogens (primary N) is 2. The van der Waals surface area contributed by atoms with E-state index in [0.717, 1.165) is 15.6 Å². The van der Waals surface area contributed by atoms with Crippen LogP contribution in [0.3, 0.4) is 0 Å². The molecule has 1 aliphatic heterocycles. The fraction of sp³-hybridized carbons (Fsp3) is 0.394. The van der Waals surface area contributed by atoms with Crippen molar-refractivity contribution in [3.63, 3.8) is 0 Å². The van der Waals surface area contributed by atoms with Crippen molar-refractivity contribution in [3.8, 4) is 0 Å². The number of benzene rings is 3. The molecule has 1 aliphatic rings. The molecule has 48 heavy (non-hydrogen) atoms. The average Bonchev–Trinajstić information content (AvgIpc) is 3.46. The third-order valence-corrected chi connectivity index (χ3v) is 10.1. The van der Waals surface area contributed by atoms with Gasteiger partial charge in [-0.2, -0.15) is 4.31 Å². The van der Waals surface area contributed by atoms with Gasteiger partial charge in [0.05, 0.1) is 4.90 Å². The molecule has 0 bridgehead atoms. The van der Waals surface area contributed by atoms with Gasteiger partial charge in [0.2, 0.25) is 21.8 Å². The molecule has 4 atom stereocenters. The number of carboxylic acids is 1. The number of aliphatic imine (C=N–C) groups is 1. The molecule has 3 aromatic carbocycles. The number of carbonyl (C=O) groups excluding carboxylic acids is 2. The molecule has 0 spiro atoms. The number of nitrogens with zero attached hydrogens (tertiary/aromatic N) is 3. The molecule has 15 heteroatoms. The lowest BCUT2D eigenvalue weighted by molar-refractivity contribution is -0.142. The molecule has 13 nitrogen and oxygen atoms in total. The lowest BCUT2D eigenvalue weighted by atomic mass is 10.0. The van der Waals surface area contributed by atoms with E-state index in [2.05, 4.69) is 15.6 Å². The van der Waals surface area contributed by atoms with E-state index >= 15 is 0 Å². The maximum absolute atomic E-state index is 15.0. The van der Waals surface area contributed by atoms with E-state index in [1.165, 1.54) is 6.07 Å². The van der Waals surface area contributed by atoms with Crippen LogP contribution in [0.2, 0.25) is 0 Å². The van der Waals surface area contributed by atoms with Gasteiger partial charge >= 0.3 is 5.97 Å². The molecule has 2 amide bonds. The van der Waals surface area contributed by atoms with E-state index in [4.69, 9.17) is 11.5 Å². The Morgan fingerprint density at radius 2 is 1.67 bits per heavy atom. The number of anilines is 1. The van der Waals surface area contributed by atoms with E-state index in [9.17, 15) is 32.3 Å². The number of carboxylic acid groups (broad SMARTS) is 1. The number of hydrogen-bond donors (Lipinski definition) is 5. The van der Waals surface area contributed by atoms with Crippen LogP contribution in [0.25, 0.3) is 10.8 Å². The highest BCUT2D eigenvalue weighted by Gasteiger charge is 2.45. The third-order valence-electron chi connectivity index (χ3n) is 8.19. The molecule has 258 valence electrons. The smallest absolute Gasteiger partial charge is 0.326 e. The summed E-state index contributed by atoms with van der Waals surface area (Å²) in [7, 11) is -0.721. The van der Waals surface area contributed by atoms with Gasteiger partial charge in [-0.15, -0.1) is 0 Å². The van der Waals surface area contributed by atoms with Crippen molar-refractivity contribution in [1.82, 2.24) is 14.9 Å². The molecular weight excluding hydrogens is 641 g/mol. The maximum Gasteiger partial charge on any atom is 0.326 e. The van der Waals surface area contributed by atoms with E-state index in [0.29, 0.717) is 17.2 Å². The third kappa shape index (κ3) is 8.77. The monoisotopic (exact) mass is 683 g/mol. The predicted octanol–water partition coefficient (Wildman–Crippen LogP) is 1.75. The summed E-state index contributed by atoms with van der Waals surface area (Å²) in [4.78, 5) is 44.9. The number of carbonyl (C=O) groups is 3. The second-order valence-electron chi connectivity index (χ2n) is 11.9. The summed E-state index contributed by atoms with van der Waals surface area (Å²) in [6.45, 7) is -0.387. The number of guanidine groups is 1. The fourth-order valence-electron chi connectivity index (χ4n) is 5.79.